The van der Waals surface area contributed by atoms with Crippen LogP contribution in [0.1, 0.15) is 26.3 Å². The summed E-state index contributed by atoms with van der Waals surface area (Å²) in [6, 6.07) is 14.4. The molecule has 0 spiro atoms. The zero-order chi connectivity index (χ0) is 19.4. The molecule has 2 aromatic rings. The third-order valence-corrected chi connectivity index (χ3v) is 3.90. The summed E-state index contributed by atoms with van der Waals surface area (Å²) in [5.74, 6) is 0.179. The maximum atomic E-state index is 12.8. The van der Waals surface area contributed by atoms with Crippen LogP contribution in [-0.4, -0.2) is 24.2 Å². The van der Waals surface area contributed by atoms with Gasteiger partial charge in [0.15, 0.2) is 11.5 Å². The van der Waals surface area contributed by atoms with Gasteiger partial charge < -0.3 is 9.47 Å². The molecule has 0 saturated carbocycles. The standard InChI is InChI=1S/C21H20N2O4/c1-4-26-20-13-16(10-11-19(20)27-15(3)24)12-18-14(2)22-23(21(18)25)17-8-6-5-7-9-17/h5-13H,4H2,1-3H3/b18-12-. The first-order valence-corrected chi connectivity index (χ1v) is 8.61. The second kappa shape index (κ2) is 7.86. The molecule has 2 aromatic carbocycles. The van der Waals surface area contributed by atoms with Crippen LogP contribution in [0.3, 0.4) is 0 Å². The van der Waals surface area contributed by atoms with Gasteiger partial charge in [-0.25, -0.2) is 0 Å². The number of hydrogen-bond donors (Lipinski definition) is 0. The van der Waals surface area contributed by atoms with Crippen molar-refractivity contribution in [3.63, 3.8) is 0 Å². The normalized spacial score (nSPS) is 15.1. The maximum absolute atomic E-state index is 12.8. The number of amides is 1. The maximum Gasteiger partial charge on any atom is 0.308 e. The Morgan fingerprint density at radius 1 is 1.15 bits per heavy atom. The molecular weight excluding hydrogens is 344 g/mol. The Kier molecular flexibility index (Phi) is 5.35. The quantitative estimate of drug-likeness (QED) is 0.459. The van der Waals surface area contributed by atoms with Crippen molar-refractivity contribution >= 4 is 29.4 Å². The van der Waals surface area contributed by atoms with E-state index in [0.717, 1.165) is 5.56 Å². The van der Waals surface area contributed by atoms with E-state index in [4.69, 9.17) is 9.47 Å². The van der Waals surface area contributed by atoms with E-state index in [1.807, 2.05) is 37.3 Å². The number of esters is 1. The minimum atomic E-state index is -0.422. The third-order valence-electron chi connectivity index (χ3n) is 3.90. The molecule has 138 valence electrons. The highest BCUT2D eigenvalue weighted by atomic mass is 16.6. The minimum Gasteiger partial charge on any atom is -0.490 e. The first-order valence-electron chi connectivity index (χ1n) is 8.61. The van der Waals surface area contributed by atoms with Gasteiger partial charge >= 0.3 is 5.97 Å². The number of hydrogen-bond acceptors (Lipinski definition) is 5. The van der Waals surface area contributed by atoms with Crippen LogP contribution >= 0.6 is 0 Å². The molecule has 0 fully saturated rings. The van der Waals surface area contributed by atoms with Crippen molar-refractivity contribution in [2.24, 2.45) is 5.10 Å². The fourth-order valence-corrected chi connectivity index (χ4v) is 2.72. The van der Waals surface area contributed by atoms with Crippen molar-refractivity contribution in [2.45, 2.75) is 20.8 Å². The number of carbonyl (C=O) groups excluding carboxylic acids is 2. The molecule has 0 unspecified atom stereocenters. The highest BCUT2D eigenvalue weighted by molar-refractivity contribution is 6.32. The van der Waals surface area contributed by atoms with E-state index in [9.17, 15) is 9.59 Å². The lowest BCUT2D eigenvalue weighted by molar-refractivity contribution is -0.132. The Balaban J connectivity index is 1.92. The zero-order valence-corrected chi connectivity index (χ0v) is 15.4. The van der Waals surface area contributed by atoms with E-state index in [1.165, 1.54) is 11.9 Å². The first kappa shape index (κ1) is 18.4. The Morgan fingerprint density at radius 3 is 2.56 bits per heavy atom. The van der Waals surface area contributed by atoms with Crippen LogP contribution in [0.4, 0.5) is 5.69 Å². The van der Waals surface area contributed by atoms with E-state index in [-0.39, 0.29) is 5.91 Å². The summed E-state index contributed by atoms with van der Waals surface area (Å²) >= 11 is 0. The van der Waals surface area contributed by atoms with E-state index in [2.05, 4.69) is 5.10 Å². The van der Waals surface area contributed by atoms with Crippen molar-refractivity contribution in [3.05, 3.63) is 59.7 Å². The van der Waals surface area contributed by atoms with Gasteiger partial charge in [0.05, 0.1) is 23.6 Å². The van der Waals surface area contributed by atoms with Gasteiger partial charge in [0, 0.05) is 6.92 Å². The van der Waals surface area contributed by atoms with Crippen LogP contribution < -0.4 is 14.5 Å². The number of hydrazone groups is 1. The average molecular weight is 364 g/mol. The van der Waals surface area contributed by atoms with Gasteiger partial charge in [-0.3, -0.25) is 9.59 Å². The van der Waals surface area contributed by atoms with Crippen molar-refractivity contribution in [3.8, 4) is 11.5 Å². The number of ether oxygens (including phenoxy) is 2. The SMILES string of the molecule is CCOc1cc(/C=C2\C(=O)N(c3ccccc3)N=C2C)ccc1OC(C)=O. The number of benzene rings is 2. The molecule has 0 N–H and O–H groups in total. The van der Waals surface area contributed by atoms with Gasteiger partial charge in [-0.05, 0) is 49.8 Å². The molecule has 0 bridgehead atoms. The van der Waals surface area contributed by atoms with Crippen LogP contribution in [0.15, 0.2) is 59.2 Å². The van der Waals surface area contributed by atoms with Crippen molar-refractivity contribution in [1.82, 2.24) is 0 Å². The van der Waals surface area contributed by atoms with Gasteiger partial charge in [0.1, 0.15) is 0 Å². The molecule has 0 atom stereocenters. The Labute approximate surface area is 157 Å². The molecule has 0 saturated heterocycles. The van der Waals surface area contributed by atoms with Crippen molar-refractivity contribution in [1.29, 1.82) is 0 Å². The lowest BCUT2D eigenvalue weighted by Crippen LogP contribution is -2.21. The molecule has 1 aliphatic heterocycles. The Morgan fingerprint density at radius 2 is 1.89 bits per heavy atom. The van der Waals surface area contributed by atoms with Gasteiger partial charge in [-0.2, -0.15) is 10.1 Å². The number of rotatable bonds is 5. The smallest absolute Gasteiger partial charge is 0.308 e. The molecule has 0 radical (unpaired) electrons. The first-order chi connectivity index (χ1) is 13.0. The lowest BCUT2D eigenvalue weighted by atomic mass is 10.1. The lowest BCUT2D eigenvalue weighted by Gasteiger charge is -2.12. The molecule has 0 aromatic heterocycles. The summed E-state index contributed by atoms with van der Waals surface area (Å²) in [4.78, 5) is 24.0. The Bertz CT molecular complexity index is 932. The molecular formula is C21H20N2O4. The molecule has 27 heavy (non-hydrogen) atoms. The summed E-state index contributed by atoms with van der Waals surface area (Å²) < 4.78 is 10.7. The van der Waals surface area contributed by atoms with Crippen LogP contribution in [0.5, 0.6) is 11.5 Å². The van der Waals surface area contributed by atoms with Gasteiger partial charge in [0.2, 0.25) is 0 Å². The van der Waals surface area contributed by atoms with E-state index in [1.54, 1.807) is 31.2 Å². The number of carbonyl (C=O) groups is 2. The van der Waals surface area contributed by atoms with Gasteiger partial charge in [-0.1, -0.05) is 24.3 Å². The van der Waals surface area contributed by atoms with E-state index >= 15 is 0 Å². The topological polar surface area (TPSA) is 68.2 Å². The highest BCUT2D eigenvalue weighted by Gasteiger charge is 2.28. The predicted octanol–water partition coefficient (Wildman–Crippen LogP) is 3.82. The van der Waals surface area contributed by atoms with Gasteiger partial charge in [0.25, 0.3) is 5.91 Å². The summed E-state index contributed by atoms with van der Waals surface area (Å²) in [6.45, 7) is 5.40. The van der Waals surface area contributed by atoms with E-state index < -0.39 is 5.97 Å². The number of para-hydroxylation sites is 1. The summed E-state index contributed by atoms with van der Waals surface area (Å²) in [6.07, 6.45) is 1.75. The molecule has 6 heteroatoms. The second-order valence-electron chi connectivity index (χ2n) is 5.93. The Hall–Kier alpha value is -3.41. The molecule has 0 aliphatic carbocycles. The zero-order valence-electron chi connectivity index (χ0n) is 15.4. The predicted molar refractivity (Wildman–Crippen MR) is 104 cm³/mol. The second-order valence-corrected chi connectivity index (χ2v) is 5.93. The van der Waals surface area contributed by atoms with E-state index in [0.29, 0.717) is 35.1 Å². The molecule has 6 nitrogen and oxygen atoms in total. The van der Waals surface area contributed by atoms with Crippen molar-refractivity contribution in [2.75, 3.05) is 11.6 Å². The highest BCUT2D eigenvalue weighted by Crippen LogP contribution is 2.31. The summed E-state index contributed by atoms with van der Waals surface area (Å²) in [7, 11) is 0. The molecule has 3 rings (SSSR count). The van der Waals surface area contributed by atoms with Crippen LogP contribution in [0, 0.1) is 0 Å². The van der Waals surface area contributed by atoms with Crippen molar-refractivity contribution < 1.29 is 19.1 Å². The van der Waals surface area contributed by atoms with Crippen LogP contribution in [0.2, 0.25) is 0 Å². The van der Waals surface area contributed by atoms with Gasteiger partial charge in [-0.15, -0.1) is 0 Å². The third kappa shape index (κ3) is 4.06. The largest absolute Gasteiger partial charge is 0.490 e. The fraction of sp³-hybridized carbons (Fsp3) is 0.190. The average Bonchev–Trinajstić information content (AvgIpc) is 2.92. The molecule has 1 amide bonds. The molecule has 1 heterocycles. The molecule has 1 aliphatic rings. The van der Waals surface area contributed by atoms with Crippen LogP contribution in [0.25, 0.3) is 6.08 Å². The summed E-state index contributed by atoms with van der Waals surface area (Å²) in [5.41, 5.74) is 2.60. The summed E-state index contributed by atoms with van der Waals surface area (Å²) in [5, 5.41) is 5.75. The minimum absolute atomic E-state index is 0.194. The van der Waals surface area contributed by atoms with Crippen LogP contribution in [-0.2, 0) is 9.59 Å². The fourth-order valence-electron chi connectivity index (χ4n) is 2.72. The number of anilines is 1. The monoisotopic (exact) mass is 364 g/mol. The number of nitrogens with zero attached hydrogens (tertiary/aromatic N) is 2.